The summed E-state index contributed by atoms with van der Waals surface area (Å²) in [6.07, 6.45) is 1.49. The highest BCUT2D eigenvalue weighted by atomic mass is 16.5. The van der Waals surface area contributed by atoms with Crippen LogP contribution in [0.25, 0.3) is 22.1 Å². The normalized spacial score (nSPS) is 10.6. The van der Waals surface area contributed by atoms with E-state index in [2.05, 4.69) is 5.32 Å². The number of anilines is 2. The molecule has 0 aliphatic carbocycles. The van der Waals surface area contributed by atoms with Gasteiger partial charge in [0, 0.05) is 17.8 Å². The predicted molar refractivity (Wildman–Crippen MR) is 117 cm³/mol. The van der Waals surface area contributed by atoms with Crippen LogP contribution >= 0.6 is 0 Å². The van der Waals surface area contributed by atoms with E-state index in [4.69, 9.17) is 18.6 Å². The Hall–Kier alpha value is -3.93. The van der Waals surface area contributed by atoms with Crippen molar-refractivity contribution in [3.63, 3.8) is 0 Å². The highest BCUT2D eigenvalue weighted by molar-refractivity contribution is 5.85. The molecular formula is C24H21NO5. The van der Waals surface area contributed by atoms with Gasteiger partial charge in [-0.1, -0.05) is 12.1 Å². The van der Waals surface area contributed by atoms with Crippen molar-refractivity contribution in [2.24, 2.45) is 0 Å². The summed E-state index contributed by atoms with van der Waals surface area (Å²) in [5.41, 5.74) is 3.23. The molecule has 1 N–H and O–H groups in total. The first-order chi connectivity index (χ1) is 14.6. The van der Waals surface area contributed by atoms with Crippen LogP contribution in [0.5, 0.6) is 17.2 Å². The first-order valence-corrected chi connectivity index (χ1v) is 9.32. The third kappa shape index (κ3) is 3.67. The summed E-state index contributed by atoms with van der Waals surface area (Å²) in [6.45, 7) is 0. The third-order valence-electron chi connectivity index (χ3n) is 4.86. The molecule has 4 rings (SSSR count). The van der Waals surface area contributed by atoms with Gasteiger partial charge in [-0.05, 0) is 42.0 Å². The third-order valence-corrected chi connectivity index (χ3v) is 4.86. The summed E-state index contributed by atoms with van der Waals surface area (Å²) < 4.78 is 21.6. The first kappa shape index (κ1) is 19.4. The Bertz CT molecular complexity index is 1240. The topological polar surface area (TPSA) is 69.9 Å². The van der Waals surface area contributed by atoms with E-state index < -0.39 is 0 Å². The van der Waals surface area contributed by atoms with Crippen molar-refractivity contribution in [2.45, 2.75) is 0 Å². The smallest absolute Gasteiger partial charge is 0.200 e. The van der Waals surface area contributed by atoms with E-state index in [1.165, 1.54) is 6.26 Å². The maximum atomic E-state index is 13.0. The summed E-state index contributed by atoms with van der Waals surface area (Å²) in [6, 6.07) is 18.2. The first-order valence-electron chi connectivity index (χ1n) is 9.32. The summed E-state index contributed by atoms with van der Waals surface area (Å²) in [4.78, 5) is 13.0. The summed E-state index contributed by atoms with van der Waals surface area (Å²) >= 11 is 0. The van der Waals surface area contributed by atoms with Crippen LogP contribution in [-0.4, -0.2) is 21.3 Å². The number of benzene rings is 3. The van der Waals surface area contributed by atoms with E-state index in [1.807, 2.05) is 42.5 Å². The van der Waals surface area contributed by atoms with Crippen LogP contribution in [0.4, 0.5) is 11.4 Å². The Morgan fingerprint density at radius 2 is 1.53 bits per heavy atom. The van der Waals surface area contributed by atoms with Crippen molar-refractivity contribution in [1.29, 1.82) is 0 Å². The lowest BCUT2D eigenvalue weighted by atomic mass is 10.1. The molecule has 0 radical (unpaired) electrons. The van der Waals surface area contributed by atoms with Gasteiger partial charge in [-0.2, -0.15) is 0 Å². The average molecular weight is 403 g/mol. The van der Waals surface area contributed by atoms with E-state index in [1.54, 1.807) is 39.5 Å². The van der Waals surface area contributed by atoms with Gasteiger partial charge in [0.1, 0.15) is 29.1 Å². The van der Waals surface area contributed by atoms with E-state index in [0.29, 0.717) is 28.0 Å². The SMILES string of the molecule is COc1ccc(-c2coc3cc(Nc4ccc(OC)cc4OC)ccc3c2=O)cc1. The summed E-state index contributed by atoms with van der Waals surface area (Å²) in [5, 5.41) is 3.80. The molecule has 0 saturated carbocycles. The Morgan fingerprint density at radius 3 is 2.23 bits per heavy atom. The lowest BCUT2D eigenvalue weighted by molar-refractivity contribution is 0.395. The molecule has 0 unspecified atom stereocenters. The van der Waals surface area contributed by atoms with Crippen LogP contribution in [-0.2, 0) is 0 Å². The van der Waals surface area contributed by atoms with Crippen molar-refractivity contribution >= 4 is 22.3 Å². The fourth-order valence-corrected chi connectivity index (χ4v) is 3.23. The van der Waals surface area contributed by atoms with Crippen molar-refractivity contribution < 1.29 is 18.6 Å². The number of hydrogen-bond acceptors (Lipinski definition) is 6. The van der Waals surface area contributed by atoms with Gasteiger partial charge in [-0.3, -0.25) is 4.79 Å². The summed E-state index contributed by atoms with van der Waals surface area (Å²) in [5.74, 6) is 2.08. The molecule has 6 nitrogen and oxygen atoms in total. The second-order valence-corrected chi connectivity index (χ2v) is 6.61. The molecule has 0 spiro atoms. The predicted octanol–water partition coefficient (Wildman–Crippen LogP) is 5.23. The fourth-order valence-electron chi connectivity index (χ4n) is 3.23. The highest BCUT2D eigenvalue weighted by Gasteiger charge is 2.11. The summed E-state index contributed by atoms with van der Waals surface area (Å²) in [7, 11) is 4.81. The Morgan fingerprint density at radius 1 is 0.800 bits per heavy atom. The zero-order valence-corrected chi connectivity index (χ0v) is 16.9. The molecule has 6 heteroatoms. The number of methoxy groups -OCH3 is 3. The molecule has 0 saturated heterocycles. The van der Waals surface area contributed by atoms with Gasteiger partial charge in [-0.15, -0.1) is 0 Å². The maximum Gasteiger partial charge on any atom is 0.200 e. The van der Waals surface area contributed by atoms with Gasteiger partial charge in [0.25, 0.3) is 0 Å². The number of hydrogen-bond donors (Lipinski definition) is 1. The minimum Gasteiger partial charge on any atom is -0.497 e. The van der Waals surface area contributed by atoms with Crippen LogP contribution in [0.15, 0.2) is 76.1 Å². The number of ether oxygens (including phenoxy) is 3. The van der Waals surface area contributed by atoms with Gasteiger partial charge >= 0.3 is 0 Å². The number of fused-ring (bicyclic) bond motifs is 1. The second kappa shape index (κ2) is 8.21. The standard InChI is InChI=1S/C24H21NO5/c1-27-17-7-4-15(5-8-17)20-14-30-22-12-16(6-10-19(22)24(20)26)25-21-11-9-18(28-2)13-23(21)29-3/h4-14,25H,1-3H3. The number of nitrogens with one attached hydrogen (secondary N) is 1. The fraction of sp³-hybridized carbons (Fsp3) is 0.125. The molecule has 0 aliphatic rings. The molecule has 1 aromatic heterocycles. The van der Waals surface area contributed by atoms with Crippen molar-refractivity contribution in [3.8, 4) is 28.4 Å². The molecule has 0 fully saturated rings. The van der Waals surface area contributed by atoms with Gasteiger partial charge in [0.2, 0.25) is 0 Å². The average Bonchev–Trinajstić information content (AvgIpc) is 2.79. The van der Waals surface area contributed by atoms with Crippen LogP contribution in [0.2, 0.25) is 0 Å². The number of rotatable bonds is 6. The molecule has 1 heterocycles. The Balaban J connectivity index is 1.68. The van der Waals surface area contributed by atoms with E-state index in [-0.39, 0.29) is 5.43 Å². The molecule has 30 heavy (non-hydrogen) atoms. The van der Waals surface area contributed by atoms with Crippen LogP contribution in [0.3, 0.4) is 0 Å². The largest absolute Gasteiger partial charge is 0.497 e. The van der Waals surface area contributed by atoms with Gasteiger partial charge < -0.3 is 23.9 Å². The highest BCUT2D eigenvalue weighted by Crippen LogP contribution is 2.32. The van der Waals surface area contributed by atoms with Crippen LogP contribution in [0.1, 0.15) is 0 Å². The molecule has 0 bridgehead atoms. The van der Waals surface area contributed by atoms with E-state index >= 15 is 0 Å². The minimum atomic E-state index is -0.0880. The molecule has 4 aromatic rings. The van der Waals surface area contributed by atoms with Gasteiger partial charge in [0.15, 0.2) is 5.43 Å². The van der Waals surface area contributed by atoms with Gasteiger partial charge in [-0.25, -0.2) is 0 Å². The van der Waals surface area contributed by atoms with Crippen LogP contribution < -0.4 is 25.0 Å². The lowest BCUT2D eigenvalue weighted by Crippen LogP contribution is -2.05. The monoisotopic (exact) mass is 403 g/mol. The minimum absolute atomic E-state index is 0.0880. The lowest BCUT2D eigenvalue weighted by Gasteiger charge is -2.13. The Labute approximate surface area is 173 Å². The molecular weight excluding hydrogens is 382 g/mol. The molecule has 3 aromatic carbocycles. The zero-order chi connectivity index (χ0) is 21.1. The molecule has 0 aliphatic heterocycles. The van der Waals surface area contributed by atoms with Crippen molar-refractivity contribution in [1.82, 2.24) is 0 Å². The van der Waals surface area contributed by atoms with Gasteiger partial charge in [0.05, 0.1) is 38.0 Å². The van der Waals surface area contributed by atoms with E-state index in [9.17, 15) is 4.79 Å². The zero-order valence-electron chi connectivity index (χ0n) is 16.9. The quantitative estimate of drug-likeness (QED) is 0.475. The van der Waals surface area contributed by atoms with Crippen molar-refractivity contribution in [3.05, 3.63) is 77.2 Å². The van der Waals surface area contributed by atoms with Crippen LogP contribution in [0, 0.1) is 0 Å². The molecule has 152 valence electrons. The Kier molecular flexibility index (Phi) is 5.30. The molecule has 0 amide bonds. The van der Waals surface area contributed by atoms with E-state index in [0.717, 1.165) is 22.7 Å². The maximum absolute atomic E-state index is 13.0. The molecule has 0 atom stereocenters. The second-order valence-electron chi connectivity index (χ2n) is 6.61. The van der Waals surface area contributed by atoms with Crippen molar-refractivity contribution in [2.75, 3.05) is 26.6 Å².